The first-order chi connectivity index (χ1) is 4.54. The lowest BCUT2D eigenvalue weighted by molar-refractivity contribution is 0.0300. The largest absolute Gasteiger partial charge is 0.388 e. The molecule has 0 spiro atoms. The van der Waals surface area contributed by atoms with Crippen LogP contribution < -0.4 is 0 Å². The first kappa shape index (κ1) is 12.6. The minimum absolute atomic E-state index is 0.375. The van der Waals surface area contributed by atoms with Crippen molar-refractivity contribution in [1.29, 1.82) is 0 Å². The molecule has 0 fully saturated rings. The zero-order chi connectivity index (χ0) is 8.57. The standard InChI is InChI=1S/C6H14O.C2H6O/c1-5(2)7-6(3)4;1-3-2/h5-6H,1-4H3;1-2H3. The Hall–Kier alpha value is -0.0800. The van der Waals surface area contributed by atoms with Gasteiger partial charge in [0.2, 0.25) is 0 Å². The topological polar surface area (TPSA) is 18.5 Å². The van der Waals surface area contributed by atoms with Crippen molar-refractivity contribution in [1.82, 2.24) is 0 Å². The van der Waals surface area contributed by atoms with Gasteiger partial charge >= 0.3 is 0 Å². The van der Waals surface area contributed by atoms with Crippen molar-refractivity contribution in [3.8, 4) is 0 Å². The van der Waals surface area contributed by atoms with E-state index < -0.39 is 0 Å². The van der Waals surface area contributed by atoms with Crippen LogP contribution in [0.15, 0.2) is 0 Å². The zero-order valence-corrected chi connectivity index (χ0v) is 7.97. The molecule has 64 valence electrons. The van der Waals surface area contributed by atoms with Crippen LogP contribution in [0.25, 0.3) is 0 Å². The molecule has 0 aliphatic rings. The summed E-state index contributed by atoms with van der Waals surface area (Å²) >= 11 is 0. The second-order valence-electron chi connectivity index (χ2n) is 2.64. The first-order valence-electron chi connectivity index (χ1n) is 3.60. The van der Waals surface area contributed by atoms with Gasteiger partial charge in [0.15, 0.2) is 0 Å². The normalized spacial score (nSPS) is 9.60. The highest BCUT2D eigenvalue weighted by atomic mass is 16.5. The van der Waals surface area contributed by atoms with Gasteiger partial charge in [0.25, 0.3) is 0 Å². The Morgan fingerprint density at radius 1 is 0.800 bits per heavy atom. The van der Waals surface area contributed by atoms with E-state index in [-0.39, 0.29) is 0 Å². The van der Waals surface area contributed by atoms with Crippen LogP contribution in [0.4, 0.5) is 0 Å². The van der Waals surface area contributed by atoms with Gasteiger partial charge in [0, 0.05) is 14.2 Å². The first-order valence-corrected chi connectivity index (χ1v) is 3.60. The van der Waals surface area contributed by atoms with Crippen molar-refractivity contribution in [2.24, 2.45) is 0 Å². The molecule has 10 heavy (non-hydrogen) atoms. The second kappa shape index (κ2) is 8.92. The summed E-state index contributed by atoms with van der Waals surface area (Å²) in [5.74, 6) is 0. The molecule has 0 saturated heterocycles. The highest BCUT2D eigenvalue weighted by molar-refractivity contribution is 4.40. The Kier molecular flexibility index (Phi) is 11.2. The van der Waals surface area contributed by atoms with Crippen LogP contribution in [0.3, 0.4) is 0 Å². The van der Waals surface area contributed by atoms with Gasteiger partial charge in [-0.15, -0.1) is 0 Å². The van der Waals surface area contributed by atoms with Crippen LogP contribution in [0.2, 0.25) is 0 Å². The molecule has 0 N–H and O–H groups in total. The van der Waals surface area contributed by atoms with Crippen LogP contribution in [-0.2, 0) is 9.47 Å². The third-order valence-corrected chi connectivity index (χ3v) is 0.544. The molecule has 0 aromatic carbocycles. The number of hydrogen-bond donors (Lipinski definition) is 0. The average Bonchev–Trinajstić information content (AvgIpc) is 1.62. The summed E-state index contributed by atoms with van der Waals surface area (Å²) in [6.07, 6.45) is 0.750. The van der Waals surface area contributed by atoms with Gasteiger partial charge in [-0.3, -0.25) is 0 Å². The fourth-order valence-corrected chi connectivity index (χ4v) is 0.544. The molecular formula is C8H20O2. The molecule has 0 heterocycles. The maximum atomic E-state index is 5.25. The lowest BCUT2D eigenvalue weighted by atomic mass is 10.4. The SMILES string of the molecule is CC(C)OC(C)C.COC. The maximum absolute atomic E-state index is 5.25. The lowest BCUT2D eigenvalue weighted by Crippen LogP contribution is -2.09. The van der Waals surface area contributed by atoms with Crippen LogP contribution in [0, 0.1) is 0 Å². The summed E-state index contributed by atoms with van der Waals surface area (Å²) in [5, 5.41) is 0. The van der Waals surface area contributed by atoms with Crippen molar-refractivity contribution >= 4 is 0 Å². The van der Waals surface area contributed by atoms with E-state index in [0.29, 0.717) is 12.2 Å². The molecule has 0 aromatic rings. The molecule has 0 amide bonds. The summed E-state index contributed by atoms with van der Waals surface area (Å²) in [6, 6.07) is 0. The van der Waals surface area contributed by atoms with E-state index in [1.165, 1.54) is 0 Å². The molecule has 2 nitrogen and oxygen atoms in total. The van der Waals surface area contributed by atoms with Gasteiger partial charge in [0.05, 0.1) is 12.2 Å². The molecule has 0 radical (unpaired) electrons. The second-order valence-corrected chi connectivity index (χ2v) is 2.64. The van der Waals surface area contributed by atoms with E-state index in [0.717, 1.165) is 0 Å². The van der Waals surface area contributed by atoms with Gasteiger partial charge in [-0.25, -0.2) is 0 Å². The van der Waals surface area contributed by atoms with Crippen molar-refractivity contribution in [3.05, 3.63) is 0 Å². The van der Waals surface area contributed by atoms with Crippen molar-refractivity contribution in [2.45, 2.75) is 39.9 Å². The molecule has 0 aromatic heterocycles. The van der Waals surface area contributed by atoms with E-state index in [1.54, 1.807) is 14.2 Å². The van der Waals surface area contributed by atoms with Gasteiger partial charge in [-0.2, -0.15) is 0 Å². The van der Waals surface area contributed by atoms with E-state index in [1.807, 2.05) is 27.7 Å². The quantitative estimate of drug-likeness (QED) is 0.597. The number of ether oxygens (including phenoxy) is 2. The lowest BCUT2D eigenvalue weighted by Gasteiger charge is -2.09. The Morgan fingerprint density at radius 2 is 1.00 bits per heavy atom. The Morgan fingerprint density at radius 3 is 1.00 bits per heavy atom. The van der Waals surface area contributed by atoms with E-state index >= 15 is 0 Å². The number of hydrogen-bond acceptors (Lipinski definition) is 2. The third-order valence-electron chi connectivity index (χ3n) is 0.544. The minimum atomic E-state index is 0.375. The van der Waals surface area contributed by atoms with Gasteiger partial charge in [0.1, 0.15) is 0 Å². The van der Waals surface area contributed by atoms with Crippen molar-refractivity contribution in [3.63, 3.8) is 0 Å². The summed E-state index contributed by atoms with van der Waals surface area (Å²) < 4.78 is 9.50. The molecule has 0 saturated carbocycles. The van der Waals surface area contributed by atoms with Crippen molar-refractivity contribution < 1.29 is 9.47 Å². The summed E-state index contributed by atoms with van der Waals surface area (Å²) in [7, 11) is 3.25. The fraction of sp³-hybridized carbons (Fsp3) is 1.00. The highest BCUT2D eigenvalue weighted by Gasteiger charge is 1.94. The number of rotatable bonds is 2. The van der Waals surface area contributed by atoms with Crippen molar-refractivity contribution in [2.75, 3.05) is 14.2 Å². The molecule has 0 aliphatic heterocycles. The molecular weight excluding hydrogens is 128 g/mol. The molecule has 0 atom stereocenters. The predicted octanol–water partition coefficient (Wildman–Crippen LogP) is 2.08. The maximum Gasteiger partial charge on any atom is 0.0522 e. The number of methoxy groups -OCH3 is 1. The summed E-state index contributed by atoms with van der Waals surface area (Å²) in [6.45, 7) is 8.17. The van der Waals surface area contributed by atoms with E-state index in [9.17, 15) is 0 Å². The fourth-order valence-electron chi connectivity index (χ4n) is 0.544. The molecule has 0 aliphatic carbocycles. The summed E-state index contributed by atoms with van der Waals surface area (Å²) in [5.41, 5.74) is 0. The Balaban J connectivity index is 0. The molecule has 0 bridgehead atoms. The predicted molar refractivity (Wildman–Crippen MR) is 44.3 cm³/mol. The average molecular weight is 148 g/mol. The van der Waals surface area contributed by atoms with Gasteiger partial charge < -0.3 is 9.47 Å². The molecule has 0 rings (SSSR count). The van der Waals surface area contributed by atoms with E-state index in [2.05, 4.69) is 4.74 Å². The molecule has 2 heteroatoms. The zero-order valence-electron chi connectivity index (χ0n) is 7.97. The van der Waals surface area contributed by atoms with E-state index in [4.69, 9.17) is 4.74 Å². The minimum Gasteiger partial charge on any atom is -0.388 e. The highest BCUT2D eigenvalue weighted by Crippen LogP contribution is 1.93. The van der Waals surface area contributed by atoms with Crippen LogP contribution in [-0.4, -0.2) is 26.4 Å². The molecule has 0 unspecified atom stereocenters. The monoisotopic (exact) mass is 148 g/mol. The van der Waals surface area contributed by atoms with Gasteiger partial charge in [-0.05, 0) is 27.7 Å². The van der Waals surface area contributed by atoms with Crippen LogP contribution in [0.1, 0.15) is 27.7 Å². The van der Waals surface area contributed by atoms with Crippen LogP contribution >= 0.6 is 0 Å². The third kappa shape index (κ3) is 24.7. The Bertz CT molecular complexity index is 45.2. The summed E-state index contributed by atoms with van der Waals surface area (Å²) in [4.78, 5) is 0. The smallest absolute Gasteiger partial charge is 0.0522 e. The van der Waals surface area contributed by atoms with Gasteiger partial charge in [-0.1, -0.05) is 0 Å². The van der Waals surface area contributed by atoms with Crippen LogP contribution in [0.5, 0.6) is 0 Å². The Labute approximate surface area is 64.5 Å².